The van der Waals surface area contributed by atoms with Crippen LogP contribution in [0.15, 0.2) is 29.2 Å². The molecule has 1 aliphatic carbocycles. The van der Waals surface area contributed by atoms with Gasteiger partial charge in [-0.3, -0.25) is 4.79 Å². The number of hydrogen-bond acceptors (Lipinski definition) is 5. The Morgan fingerprint density at radius 1 is 1.21 bits per heavy atom. The number of amides is 1. The first-order chi connectivity index (χ1) is 12.9. The van der Waals surface area contributed by atoms with Gasteiger partial charge in [-0.25, -0.2) is 17.9 Å². The van der Waals surface area contributed by atoms with Crippen LogP contribution in [0.5, 0.6) is 0 Å². The van der Waals surface area contributed by atoms with Crippen LogP contribution < -0.4 is 4.72 Å². The van der Waals surface area contributed by atoms with E-state index >= 15 is 0 Å². The number of rotatable bonds is 5. The first kappa shape index (κ1) is 21.8. The molecule has 0 radical (unpaired) electrons. The molecule has 1 aliphatic rings. The van der Waals surface area contributed by atoms with Gasteiger partial charge in [-0.1, -0.05) is 38.5 Å². The Morgan fingerprint density at radius 3 is 2.29 bits per heavy atom. The fraction of sp³-hybridized carbons (Fsp3) is 0.526. The van der Waals surface area contributed by atoms with E-state index in [9.17, 15) is 23.5 Å². The van der Waals surface area contributed by atoms with Crippen LogP contribution in [-0.4, -0.2) is 37.9 Å². The molecule has 2 atom stereocenters. The second-order valence-corrected chi connectivity index (χ2v) is 9.55. The zero-order valence-electron chi connectivity index (χ0n) is 16.6. The number of hydrogen-bond donors (Lipinski definition) is 1. The molecule has 0 bridgehead atoms. The zero-order chi connectivity index (χ0) is 21.3. The van der Waals surface area contributed by atoms with Gasteiger partial charge in [0.2, 0.25) is 5.91 Å². The quantitative estimate of drug-likeness (QED) is 0.346. The number of sulfonamides is 1. The maximum atomic E-state index is 13.0. The van der Waals surface area contributed by atoms with Crippen molar-refractivity contribution in [2.45, 2.75) is 45.4 Å². The number of benzene rings is 1. The van der Waals surface area contributed by atoms with Crippen LogP contribution in [0.3, 0.4) is 0 Å². The van der Waals surface area contributed by atoms with Crippen molar-refractivity contribution in [1.82, 2.24) is 4.72 Å². The molecule has 2 unspecified atom stereocenters. The number of ether oxygens (including phenoxy) is 1. The molecule has 152 valence electrons. The third-order valence-corrected chi connectivity index (χ3v) is 7.47. The fourth-order valence-electron chi connectivity index (χ4n) is 3.75. The van der Waals surface area contributed by atoms with Crippen molar-refractivity contribution < 1.29 is 27.5 Å². The van der Waals surface area contributed by atoms with Gasteiger partial charge < -0.3 is 10.3 Å². The van der Waals surface area contributed by atoms with Crippen LogP contribution in [0.4, 0.5) is 0 Å². The van der Waals surface area contributed by atoms with E-state index in [0.29, 0.717) is 12.8 Å². The molecule has 1 amide bonds. The second kappa shape index (κ2) is 7.48. The van der Waals surface area contributed by atoms with Crippen molar-refractivity contribution in [3.8, 4) is 0 Å². The zero-order valence-corrected chi connectivity index (χ0v) is 17.5. The Bertz CT molecular complexity index is 946. The molecule has 9 heteroatoms. The highest BCUT2D eigenvalue weighted by atomic mass is 32.2. The van der Waals surface area contributed by atoms with Crippen molar-refractivity contribution in [1.29, 1.82) is 0 Å². The molecule has 2 rings (SSSR count). The standard InChI is InChI=1S/C19H25N3O5S/c1-12-6-8-13(9-7-12)28(25,26)22-17(24)19(4)11-10-14(18(19,2)3)15(21-20)16(23)27-5/h6-9,14H,10-11H2,1-5H3,(H,22,24). The van der Waals surface area contributed by atoms with Crippen LogP contribution >= 0.6 is 0 Å². The molecular weight excluding hydrogens is 382 g/mol. The minimum atomic E-state index is -4.04. The van der Waals surface area contributed by atoms with Crippen LogP contribution in [0.25, 0.3) is 5.53 Å². The summed E-state index contributed by atoms with van der Waals surface area (Å²) in [5, 5.41) is 0. The largest absolute Gasteiger partial charge is 0.460 e. The number of aryl methyl sites for hydroxylation is 1. The van der Waals surface area contributed by atoms with Crippen LogP contribution in [0, 0.1) is 23.7 Å². The van der Waals surface area contributed by atoms with Crippen molar-refractivity contribution in [3.05, 3.63) is 35.4 Å². The molecule has 8 nitrogen and oxygen atoms in total. The topological polar surface area (TPSA) is 126 Å². The molecule has 0 heterocycles. The van der Waals surface area contributed by atoms with Gasteiger partial charge in [-0.2, -0.15) is 4.79 Å². The summed E-state index contributed by atoms with van der Waals surface area (Å²) in [6, 6.07) is 6.17. The summed E-state index contributed by atoms with van der Waals surface area (Å²) >= 11 is 0. The lowest BCUT2D eigenvalue weighted by Crippen LogP contribution is -2.50. The van der Waals surface area contributed by atoms with E-state index in [1.165, 1.54) is 19.2 Å². The molecular formula is C19H25N3O5S. The Morgan fingerprint density at radius 2 is 1.79 bits per heavy atom. The average Bonchev–Trinajstić information content (AvgIpc) is 2.87. The smallest absolute Gasteiger partial charge is 0.416 e. The van der Waals surface area contributed by atoms with Crippen LogP contribution in [0.1, 0.15) is 39.2 Å². The van der Waals surface area contributed by atoms with E-state index in [-0.39, 0.29) is 10.6 Å². The van der Waals surface area contributed by atoms with E-state index < -0.39 is 38.6 Å². The molecule has 1 saturated carbocycles. The molecule has 1 aromatic carbocycles. The van der Waals surface area contributed by atoms with E-state index in [1.807, 2.05) is 6.92 Å². The van der Waals surface area contributed by atoms with Gasteiger partial charge in [-0.15, -0.1) is 0 Å². The SMILES string of the molecule is COC(=O)C(=[N+]=[N-])C1CCC(C)(C(=O)NS(=O)(=O)c2ccc(C)cc2)C1(C)C. The van der Waals surface area contributed by atoms with Gasteiger partial charge in [0.05, 0.1) is 23.3 Å². The lowest BCUT2D eigenvalue weighted by atomic mass is 9.64. The Labute approximate surface area is 164 Å². The highest BCUT2D eigenvalue weighted by Crippen LogP contribution is 2.56. The van der Waals surface area contributed by atoms with E-state index in [2.05, 4.69) is 14.2 Å². The Kier molecular flexibility index (Phi) is 5.82. The lowest BCUT2D eigenvalue weighted by molar-refractivity contribution is -0.140. The molecule has 1 N–H and O–H groups in total. The predicted octanol–water partition coefficient (Wildman–Crippen LogP) is 2.09. The van der Waals surface area contributed by atoms with E-state index in [0.717, 1.165) is 5.56 Å². The summed E-state index contributed by atoms with van der Waals surface area (Å²) in [7, 11) is -2.86. The number of nitrogens with one attached hydrogen (secondary N) is 1. The molecule has 0 aromatic heterocycles. The van der Waals surface area contributed by atoms with E-state index in [1.54, 1.807) is 32.9 Å². The van der Waals surface area contributed by atoms with Gasteiger partial charge in [0.15, 0.2) is 0 Å². The summed E-state index contributed by atoms with van der Waals surface area (Å²) in [6.45, 7) is 6.98. The summed E-state index contributed by atoms with van der Waals surface area (Å²) < 4.78 is 32.1. The van der Waals surface area contributed by atoms with Crippen molar-refractivity contribution in [2.24, 2.45) is 16.7 Å². The molecule has 1 fully saturated rings. The third-order valence-electron chi connectivity index (χ3n) is 6.12. The van der Waals surface area contributed by atoms with Gasteiger partial charge in [0.1, 0.15) is 0 Å². The average molecular weight is 407 g/mol. The first-order valence-electron chi connectivity index (χ1n) is 8.85. The summed E-state index contributed by atoms with van der Waals surface area (Å²) in [4.78, 5) is 28.0. The number of carbonyl (C=O) groups is 2. The minimum absolute atomic E-state index is 0.00502. The number of nitrogens with zero attached hydrogens (tertiary/aromatic N) is 2. The highest BCUT2D eigenvalue weighted by Gasteiger charge is 2.61. The summed E-state index contributed by atoms with van der Waals surface area (Å²) in [5.41, 5.74) is 8.02. The maximum Gasteiger partial charge on any atom is 0.416 e. The highest BCUT2D eigenvalue weighted by molar-refractivity contribution is 7.90. The number of esters is 1. The second-order valence-electron chi connectivity index (χ2n) is 7.87. The summed E-state index contributed by atoms with van der Waals surface area (Å²) in [6.07, 6.45) is 0.686. The van der Waals surface area contributed by atoms with Gasteiger partial charge in [-0.05, 0) is 37.3 Å². The van der Waals surface area contributed by atoms with Gasteiger partial charge >= 0.3 is 11.7 Å². The monoisotopic (exact) mass is 407 g/mol. The fourth-order valence-corrected chi connectivity index (χ4v) is 4.84. The molecule has 0 aliphatic heterocycles. The maximum absolute atomic E-state index is 13.0. The lowest BCUT2D eigenvalue weighted by Gasteiger charge is -2.38. The van der Waals surface area contributed by atoms with Crippen molar-refractivity contribution in [2.75, 3.05) is 7.11 Å². The minimum Gasteiger partial charge on any atom is -0.460 e. The Hall–Kier alpha value is -2.51. The first-order valence-corrected chi connectivity index (χ1v) is 10.3. The molecule has 28 heavy (non-hydrogen) atoms. The number of carbonyl (C=O) groups excluding carboxylic acids is 2. The summed E-state index contributed by atoms with van der Waals surface area (Å²) in [5.74, 6) is -2.01. The molecule has 0 spiro atoms. The Balaban J connectivity index is 2.33. The number of methoxy groups -OCH3 is 1. The third kappa shape index (κ3) is 3.59. The molecule has 1 aromatic rings. The van der Waals surface area contributed by atoms with Crippen molar-refractivity contribution >= 4 is 27.6 Å². The van der Waals surface area contributed by atoms with Crippen LogP contribution in [0.2, 0.25) is 0 Å². The molecule has 0 saturated heterocycles. The van der Waals surface area contributed by atoms with Crippen LogP contribution in [-0.2, 0) is 24.3 Å². The van der Waals surface area contributed by atoms with Gasteiger partial charge in [0.25, 0.3) is 10.0 Å². The predicted molar refractivity (Wildman–Crippen MR) is 102 cm³/mol. The van der Waals surface area contributed by atoms with E-state index in [4.69, 9.17) is 0 Å². The normalized spacial score (nSPS) is 23.5. The van der Waals surface area contributed by atoms with Gasteiger partial charge in [0, 0.05) is 0 Å². The van der Waals surface area contributed by atoms with Crippen molar-refractivity contribution in [3.63, 3.8) is 0 Å².